The molecule has 1 fully saturated rings. The van der Waals surface area contributed by atoms with Crippen LogP contribution in [0, 0.1) is 0 Å². The van der Waals surface area contributed by atoms with E-state index in [4.69, 9.17) is 5.73 Å². The van der Waals surface area contributed by atoms with Gasteiger partial charge in [0.25, 0.3) is 0 Å². The van der Waals surface area contributed by atoms with Crippen LogP contribution in [0.4, 0.5) is 0 Å². The molecular formula is C14H28N4. The maximum Gasteiger partial charge on any atom is 0.122 e. The third-order valence-electron chi connectivity index (χ3n) is 2.70. The van der Waals surface area contributed by atoms with E-state index in [-0.39, 0.29) is 0 Å². The lowest BCUT2D eigenvalue weighted by atomic mass is 10.2. The lowest BCUT2D eigenvalue weighted by Gasteiger charge is -2.27. The van der Waals surface area contributed by atoms with Crippen molar-refractivity contribution >= 4 is 5.84 Å². The highest BCUT2D eigenvalue weighted by atomic mass is 15.2. The van der Waals surface area contributed by atoms with E-state index in [1.165, 1.54) is 5.57 Å². The highest BCUT2D eigenvalue weighted by Crippen LogP contribution is 2.05. The van der Waals surface area contributed by atoms with Gasteiger partial charge in [0.1, 0.15) is 5.84 Å². The maximum absolute atomic E-state index is 5.57. The smallest absolute Gasteiger partial charge is 0.122 e. The van der Waals surface area contributed by atoms with Crippen LogP contribution in [0.1, 0.15) is 27.2 Å². The van der Waals surface area contributed by atoms with E-state index in [2.05, 4.69) is 28.7 Å². The first kappa shape index (κ1) is 16.9. The van der Waals surface area contributed by atoms with E-state index >= 15 is 0 Å². The Bertz CT molecular complexity index is 276. The van der Waals surface area contributed by atoms with E-state index in [0.717, 1.165) is 39.1 Å². The van der Waals surface area contributed by atoms with Crippen molar-refractivity contribution in [3.05, 3.63) is 24.4 Å². The molecule has 0 radical (unpaired) electrons. The van der Waals surface area contributed by atoms with Gasteiger partial charge < -0.3 is 11.1 Å². The number of hydrogen-bond acceptors (Lipinski definition) is 3. The fourth-order valence-electron chi connectivity index (χ4n) is 1.62. The predicted molar refractivity (Wildman–Crippen MR) is 80.9 cm³/mol. The van der Waals surface area contributed by atoms with Crippen molar-refractivity contribution in [2.24, 2.45) is 10.7 Å². The molecule has 1 saturated heterocycles. The monoisotopic (exact) mass is 252 g/mol. The molecule has 4 nitrogen and oxygen atoms in total. The molecular weight excluding hydrogens is 224 g/mol. The topological polar surface area (TPSA) is 53.6 Å². The summed E-state index contributed by atoms with van der Waals surface area (Å²) in [4.78, 5) is 6.59. The summed E-state index contributed by atoms with van der Waals surface area (Å²) in [6, 6.07) is 0. The molecule has 0 atom stereocenters. The second-order valence-electron chi connectivity index (χ2n) is 3.93. The Kier molecular flexibility index (Phi) is 10.3. The van der Waals surface area contributed by atoms with Crippen molar-refractivity contribution in [1.29, 1.82) is 0 Å². The molecule has 0 aromatic heterocycles. The second-order valence-corrected chi connectivity index (χ2v) is 3.93. The van der Waals surface area contributed by atoms with Crippen molar-refractivity contribution in [2.45, 2.75) is 27.2 Å². The molecule has 0 aliphatic carbocycles. The number of rotatable bonds is 5. The highest BCUT2D eigenvalue weighted by Gasteiger charge is 2.10. The van der Waals surface area contributed by atoms with Gasteiger partial charge in [-0.1, -0.05) is 27.4 Å². The summed E-state index contributed by atoms with van der Waals surface area (Å²) in [6.45, 7) is 15.1. The summed E-state index contributed by atoms with van der Waals surface area (Å²) in [5.41, 5.74) is 6.88. The molecule has 0 unspecified atom stereocenters. The number of nitrogens with zero attached hydrogens (tertiary/aromatic N) is 2. The zero-order valence-corrected chi connectivity index (χ0v) is 12.1. The van der Waals surface area contributed by atoms with Crippen LogP contribution in [0.3, 0.4) is 0 Å². The molecule has 1 heterocycles. The summed E-state index contributed by atoms with van der Waals surface area (Å²) in [5.74, 6) is 0.478. The molecule has 104 valence electrons. The third kappa shape index (κ3) is 7.25. The zero-order valence-electron chi connectivity index (χ0n) is 12.1. The van der Waals surface area contributed by atoms with Gasteiger partial charge in [0.2, 0.25) is 0 Å². The van der Waals surface area contributed by atoms with Crippen LogP contribution >= 0.6 is 0 Å². The normalized spacial score (nSPS) is 17.9. The van der Waals surface area contributed by atoms with E-state index in [1.54, 1.807) is 6.08 Å². The number of piperazine rings is 1. The lowest BCUT2D eigenvalue weighted by Crippen LogP contribution is -2.44. The van der Waals surface area contributed by atoms with Gasteiger partial charge >= 0.3 is 0 Å². The fourth-order valence-corrected chi connectivity index (χ4v) is 1.62. The maximum atomic E-state index is 5.57. The summed E-state index contributed by atoms with van der Waals surface area (Å²) >= 11 is 0. The quantitative estimate of drug-likeness (QED) is 0.579. The lowest BCUT2D eigenvalue weighted by molar-refractivity contribution is 0.258. The van der Waals surface area contributed by atoms with E-state index in [9.17, 15) is 0 Å². The van der Waals surface area contributed by atoms with E-state index < -0.39 is 0 Å². The number of hydrogen-bond donors (Lipinski definition) is 2. The molecule has 18 heavy (non-hydrogen) atoms. The SMILES string of the molecule is C=CC(N)=N/C=C(\CC)CN1CCNCC1.CC. The first-order chi connectivity index (χ1) is 8.76. The standard InChI is InChI=1S/C12H22N4.C2H6/c1-3-11(9-15-12(13)4-2)10-16-7-5-14-6-8-16;1-2/h4,9,14H,2-3,5-8,10H2,1H3,(H2,13,15);1-2H3/b11-9+;. The molecule has 0 aromatic rings. The van der Waals surface area contributed by atoms with Gasteiger partial charge in [0.05, 0.1) is 0 Å². The zero-order chi connectivity index (χ0) is 13.8. The van der Waals surface area contributed by atoms with Gasteiger partial charge in [0.15, 0.2) is 0 Å². The van der Waals surface area contributed by atoms with Crippen LogP contribution in [0.25, 0.3) is 0 Å². The summed E-state index contributed by atoms with van der Waals surface area (Å²) in [5, 5.41) is 3.34. The van der Waals surface area contributed by atoms with Crippen LogP contribution in [0.15, 0.2) is 29.4 Å². The molecule has 0 bridgehead atoms. The summed E-state index contributed by atoms with van der Waals surface area (Å²) < 4.78 is 0. The molecule has 1 rings (SSSR count). The van der Waals surface area contributed by atoms with Crippen LogP contribution in [-0.2, 0) is 0 Å². The van der Waals surface area contributed by atoms with Crippen LogP contribution in [-0.4, -0.2) is 43.5 Å². The number of nitrogens with one attached hydrogen (secondary N) is 1. The average Bonchev–Trinajstić information content (AvgIpc) is 2.46. The van der Waals surface area contributed by atoms with Gasteiger partial charge in [0, 0.05) is 38.9 Å². The molecule has 4 heteroatoms. The van der Waals surface area contributed by atoms with Crippen LogP contribution < -0.4 is 11.1 Å². The van der Waals surface area contributed by atoms with Gasteiger partial charge in [-0.05, 0) is 18.1 Å². The summed E-state index contributed by atoms with van der Waals surface area (Å²) in [7, 11) is 0. The number of nitrogens with two attached hydrogens (primary N) is 1. The van der Waals surface area contributed by atoms with Gasteiger partial charge in [-0.2, -0.15) is 0 Å². The Morgan fingerprint density at radius 1 is 1.39 bits per heavy atom. The molecule has 0 aromatic carbocycles. The highest BCUT2D eigenvalue weighted by molar-refractivity contribution is 5.91. The van der Waals surface area contributed by atoms with Crippen molar-refractivity contribution in [3.63, 3.8) is 0 Å². The van der Waals surface area contributed by atoms with Gasteiger partial charge in [-0.3, -0.25) is 4.90 Å². The Balaban J connectivity index is 0.00000137. The predicted octanol–water partition coefficient (Wildman–Crippen LogP) is 1.75. The Hall–Kier alpha value is -1.13. The second kappa shape index (κ2) is 11.0. The minimum atomic E-state index is 0.478. The van der Waals surface area contributed by atoms with Crippen molar-refractivity contribution in [2.75, 3.05) is 32.7 Å². The van der Waals surface area contributed by atoms with Crippen molar-refractivity contribution < 1.29 is 0 Å². The average molecular weight is 252 g/mol. The first-order valence-corrected chi connectivity index (χ1v) is 6.83. The number of aliphatic imine (C=N–C) groups is 1. The van der Waals surface area contributed by atoms with Crippen LogP contribution in [0.2, 0.25) is 0 Å². The molecule has 0 saturated carbocycles. The Morgan fingerprint density at radius 2 is 2.00 bits per heavy atom. The summed E-state index contributed by atoms with van der Waals surface area (Å²) in [6.07, 6.45) is 4.45. The van der Waals surface area contributed by atoms with Crippen LogP contribution in [0.5, 0.6) is 0 Å². The fraction of sp³-hybridized carbons (Fsp3) is 0.643. The van der Waals surface area contributed by atoms with E-state index in [1.807, 2.05) is 20.0 Å². The third-order valence-corrected chi connectivity index (χ3v) is 2.70. The Labute approximate surface area is 112 Å². The first-order valence-electron chi connectivity index (χ1n) is 6.83. The molecule has 0 spiro atoms. The van der Waals surface area contributed by atoms with Gasteiger partial charge in [-0.15, -0.1) is 0 Å². The van der Waals surface area contributed by atoms with E-state index in [0.29, 0.717) is 5.84 Å². The Morgan fingerprint density at radius 3 is 2.50 bits per heavy atom. The molecule has 1 aliphatic heterocycles. The minimum absolute atomic E-state index is 0.478. The van der Waals surface area contributed by atoms with Crippen molar-refractivity contribution in [1.82, 2.24) is 10.2 Å². The molecule has 0 amide bonds. The molecule has 1 aliphatic rings. The van der Waals surface area contributed by atoms with Crippen molar-refractivity contribution in [3.8, 4) is 0 Å². The minimum Gasteiger partial charge on any atom is -0.384 e. The molecule has 3 N–H and O–H groups in total. The largest absolute Gasteiger partial charge is 0.384 e. The van der Waals surface area contributed by atoms with Gasteiger partial charge in [-0.25, -0.2) is 4.99 Å². The number of amidine groups is 1.